The number of amides is 1. The van der Waals surface area contributed by atoms with Gasteiger partial charge in [-0.1, -0.05) is 12.2 Å². The maximum atomic E-state index is 13.4. The largest absolute Gasteiger partial charge is 0.437 e. The molecule has 2 fully saturated rings. The number of ether oxygens (including phenoxy) is 1. The molecule has 0 bridgehead atoms. The Morgan fingerprint density at radius 3 is 2.64 bits per heavy atom. The lowest BCUT2D eigenvalue weighted by atomic mass is 9.82. The van der Waals surface area contributed by atoms with E-state index in [2.05, 4.69) is 29.0 Å². The topological polar surface area (TPSA) is 85.3 Å². The normalized spacial score (nSPS) is 22.3. The van der Waals surface area contributed by atoms with Crippen LogP contribution >= 0.6 is 0 Å². The highest BCUT2D eigenvalue weighted by Crippen LogP contribution is 2.33. The van der Waals surface area contributed by atoms with E-state index in [1.54, 1.807) is 13.0 Å². The lowest BCUT2D eigenvalue weighted by Gasteiger charge is -2.33. The first-order valence-corrected chi connectivity index (χ1v) is 11.7. The molecule has 1 unspecified atom stereocenters. The highest BCUT2D eigenvalue weighted by molar-refractivity contribution is 6.45. The van der Waals surface area contributed by atoms with Crippen LogP contribution in [0.3, 0.4) is 0 Å². The Bertz CT molecular complexity index is 1050. The van der Waals surface area contributed by atoms with Crippen molar-refractivity contribution in [3.05, 3.63) is 41.6 Å². The number of carbonyl (C=O) groups excluding carboxylic acids is 1. The molecule has 0 saturated carbocycles. The number of anilines is 1. The van der Waals surface area contributed by atoms with Crippen molar-refractivity contribution >= 4 is 29.8 Å². The number of hydrogen-bond acceptors (Lipinski definition) is 8. The maximum Gasteiger partial charge on any atom is 0.377 e. The molecule has 1 N–H and O–H groups in total. The second-order valence-electron chi connectivity index (χ2n) is 9.06. The zero-order valence-electron chi connectivity index (χ0n) is 19.4. The molecule has 1 atom stereocenters. The van der Waals surface area contributed by atoms with Crippen molar-refractivity contribution in [3.8, 4) is 0 Å². The third-order valence-corrected chi connectivity index (χ3v) is 6.83. The Hall–Kier alpha value is -2.53. The minimum atomic E-state index is -0.618. The van der Waals surface area contributed by atoms with Crippen molar-refractivity contribution in [3.63, 3.8) is 0 Å². The van der Waals surface area contributed by atoms with E-state index in [1.165, 1.54) is 0 Å². The average molecular weight is 450 g/mol. The molecular weight excluding hydrogens is 419 g/mol. The highest BCUT2D eigenvalue weighted by atomic mass is 16.5. The lowest BCUT2D eigenvalue weighted by Crippen LogP contribution is -2.47. The quantitative estimate of drug-likeness (QED) is 0.543. The van der Waals surface area contributed by atoms with Gasteiger partial charge >= 0.3 is 7.05 Å². The summed E-state index contributed by atoms with van der Waals surface area (Å²) < 4.78 is 5.48. The number of carbonyl (C=O) groups is 1. The number of likely N-dealkylation sites (N-methyl/N-ethyl adjacent to an activating group) is 1. The van der Waals surface area contributed by atoms with Gasteiger partial charge in [-0.05, 0) is 26.0 Å². The smallest absolute Gasteiger partial charge is 0.377 e. The van der Waals surface area contributed by atoms with E-state index in [9.17, 15) is 9.82 Å². The van der Waals surface area contributed by atoms with E-state index in [1.807, 2.05) is 21.8 Å². The van der Waals surface area contributed by atoms with E-state index in [-0.39, 0.29) is 11.9 Å². The molecule has 3 aliphatic rings. The van der Waals surface area contributed by atoms with Gasteiger partial charge in [-0.25, -0.2) is 4.98 Å². The highest BCUT2D eigenvalue weighted by Gasteiger charge is 2.31. The molecule has 0 aliphatic carbocycles. The van der Waals surface area contributed by atoms with Gasteiger partial charge in [0, 0.05) is 63.0 Å². The molecule has 10 heteroatoms. The fraction of sp³-hybridized carbons (Fsp3) is 0.522. The van der Waals surface area contributed by atoms with Crippen LogP contribution in [0.5, 0.6) is 0 Å². The number of morpholine rings is 1. The predicted molar refractivity (Wildman–Crippen MR) is 128 cm³/mol. The molecule has 2 aromatic rings. The first-order valence-electron chi connectivity index (χ1n) is 11.7. The number of hydrogen-bond donors (Lipinski definition) is 1. The molecule has 0 spiro atoms. The van der Waals surface area contributed by atoms with Crippen molar-refractivity contribution in [1.82, 2.24) is 24.6 Å². The average Bonchev–Trinajstić information content (AvgIpc) is 3.34. The first-order chi connectivity index (χ1) is 16.0. The zero-order valence-corrected chi connectivity index (χ0v) is 19.4. The molecule has 4 heterocycles. The Kier molecular flexibility index (Phi) is 6.33. The monoisotopic (exact) mass is 450 g/mol. The van der Waals surface area contributed by atoms with Crippen LogP contribution in [0.4, 0.5) is 5.82 Å². The maximum absolute atomic E-state index is 13.4. The molecule has 0 radical (unpaired) electrons. The molecule has 174 valence electrons. The Labute approximate surface area is 194 Å². The third-order valence-electron chi connectivity index (χ3n) is 6.83. The summed E-state index contributed by atoms with van der Waals surface area (Å²) in [6.45, 7) is 8.49. The number of benzene rings is 1. The van der Waals surface area contributed by atoms with Crippen molar-refractivity contribution < 1.29 is 14.6 Å². The SMILES string of the molecule is CB(O)N1CC=CC1c1cc(C(=O)N2CCN(C)CC2)cc2ncc(N3CCOCC3)nc12. The second-order valence-corrected chi connectivity index (χ2v) is 9.06. The molecular formula is C23H31BN6O3. The Balaban J connectivity index is 1.57. The van der Waals surface area contributed by atoms with Gasteiger partial charge in [0.2, 0.25) is 0 Å². The van der Waals surface area contributed by atoms with Gasteiger partial charge in [0.25, 0.3) is 5.91 Å². The van der Waals surface area contributed by atoms with Gasteiger partial charge in [-0.2, -0.15) is 0 Å². The fourth-order valence-electron chi connectivity index (χ4n) is 4.82. The van der Waals surface area contributed by atoms with E-state index in [4.69, 9.17) is 14.7 Å². The van der Waals surface area contributed by atoms with Crippen molar-refractivity contribution in [2.24, 2.45) is 0 Å². The zero-order chi connectivity index (χ0) is 22.9. The molecule has 2 saturated heterocycles. The molecule has 1 aromatic heterocycles. The van der Waals surface area contributed by atoms with Gasteiger partial charge in [-0.15, -0.1) is 0 Å². The summed E-state index contributed by atoms with van der Waals surface area (Å²) in [4.78, 5) is 31.4. The van der Waals surface area contributed by atoms with Crippen LogP contribution in [0.2, 0.25) is 6.82 Å². The van der Waals surface area contributed by atoms with Gasteiger partial charge in [0.05, 0.1) is 30.4 Å². The number of piperazine rings is 1. The third kappa shape index (κ3) is 4.48. The standard InChI is InChI=1S/C23H31BN6O3/c1-24(32)30-5-3-4-20(30)18-14-17(23(31)29-8-6-27(2)7-9-29)15-19-22(18)26-21(16-25-19)28-10-12-33-13-11-28/h3-4,14-16,20,32H,5-13H2,1-2H3. The second kappa shape index (κ2) is 9.38. The number of nitrogens with zero attached hydrogens (tertiary/aromatic N) is 6. The van der Waals surface area contributed by atoms with Crippen LogP contribution in [-0.2, 0) is 4.74 Å². The molecule has 3 aliphatic heterocycles. The summed E-state index contributed by atoms with van der Waals surface area (Å²) in [5, 5.41) is 10.4. The van der Waals surface area contributed by atoms with Crippen LogP contribution in [0, 0.1) is 0 Å². The van der Waals surface area contributed by atoms with Crippen molar-refractivity contribution in [2.75, 3.05) is 71.0 Å². The van der Waals surface area contributed by atoms with Crippen LogP contribution in [0.15, 0.2) is 30.5 Å². The van der Waals surface area contributed by atoms with E-state index in [0.717, 1.165) is 43.1 Å². The first kappa shape index (κ1) is 22.3. The summed E-state index contributed by atoms with van der Waals surface area (Å²) in [6, 6.07) is 3.65. The molecule has 1 aromatic carbocycles. The molecule has 9 nitrogen and oxygen atoms in total. The molecule has 5 rings (SSSR count). The summed E-state index contributed by atoms with van der Waals surface area (Å²) >= 11 is 0. The van der Waals surface area contributed by atoms with Crippen LogP contribution in [0.1, 0.15) is 22.0 Å². The van der Waals surface area contributed by atoms with Crippen molar-refractivity contribution in [1.29, 1.82) is 0 Å². The van der Waals surface area contributed by atoms with Gasteiger partial charge in [-0.3, -0.25) is 9.78 Å². The summed E-state index contributed by atoms with van der Waals surface area (Å²) in [5.41, 5.74) is 3.01. The van der Waals surface area contributed by atoms with Crippen LogP contribution in [0.25, 0.3) is 11.0 Å². The predicted octanol–water partition coefficient (Wildman–Crippen LogP) is 0.877. The van der Waals surface area contributed by atoms with E-state index < -0.39 is 7.05 Å². The fourth-order valence-corrected chi connectivity index (χ4v) is 4.82. The lowest BCUT2D eigenvalue weighted by molar-refractivity contribution is 0.0664. The molecule has 1 amide bonds. The summed E-state index contributed by atoms with van der Waals surface area (Å²) in [6.07, 6.45) is 5.92. The number of fused-ring (bicyclic) bond motifs is 1. The number of aromatic nitrogens is 2. The summed E-state index contributed by atoms with van der Waals surface area (Å²) in [7, 11) is 1.46. The van der Waals surface area contributed by atoms with E-state index in [0.29, 0.717) is 43.9 Å². The van der Waals surface area contributed by atoms with Crippen molar-refractivity contribution in [2.45, 2.75) is 12.9 Å². The van der Waals surface area contributed by atoms with Gasteiger partial charge in [0.15, 0.2) is 0 Å². The minimum Gasteiger partial charge on any atom is -0.437 e. The minimum absolute atomic E-state index is 0.0240. The van der Waals surface area contributed by atoms with E-state index >= 15 is 0 Å². The van der Waals surface area contributed by atoms with Gasteiger partial charge < -0.3 is 29.3 Å². The Morgan fingerprint density at radius 2 is 1.91 bits per heavy atom. The summed E-state index contributed by atoms with van der Waals surface area (Å²) in [5.74, 6) is 0.839. The Morgan fingerprint density at radius 1 is 1.15 bits per heavy atom. The van der Waals surface area contributed by atoms with Crippen LogP contribution < -0.4 is 4.90 Å². The van der Waals surface area contributed by atoms with Crippen LogP contribution in [-0.4, -0.2) is 109 Å². The molecule has 33 heavy (non-hydrogen) atoms. The number of rotatable bonds is 4. The van der Waals surface area contributed by atoms with Gasteiger partial charge in [0.1, 0.15) is 5.82 Å².